The third-order valence-corrected chi connectivity index (χ3v) is 3.95. The molecule has 2 aromatic rings. The quantitative estimate of drug-likeness (QED) is 0.629. The van der Waals surface area contributed by atoms with Gasteiger partial charge in [0.1, 0.15) is 5.75 Å². The van der Waals surface area contributed by atoms with Crippen LogP contribution in [-0.2, 0) is 5.41 Å². The van der Waals surface area contributed by atoms with Crippen molar-refractivity contribution in [1.29, 1.82) is 0 Å². The summed E-state index contributed by atoms with van der Waals surface area (Å²) in [4.78, 5) is 2.19. The number of rotatable bonds is 2. The molecule has 0 aliphatic heterocycles. The van der Waals surface area contributed by atoms with E-state index in [0.717, 1.165) is 9.79 Å². The fourth-order valence-corrected chi connectivity index (χ4v) is 2.62. The molecule has 0 heterocycles. The molecule has 2 aromatic carbocycles. The van der Waals surface area contributed by atoms with Gasteiger partial charge in [0.15, 0.2) is 0 Å². The van der Waals surface area contributed by atoms with Crippen molar-refractivity contribution in [2.24, 2.45) is 0 Å². The van der Waals surface area contributed by atoms with Crippen molar-refractivity contribution in [3.05, 3.63) is 48.0 Å². The molecular weight excluding hydrogens is 254 g/mol. The second-order valence-corrected chi connectivity index (χ2v) is 6.74. The molecule has 0 radical (unpaired) electrons. The highest BCUT2D eigenvalue weighted by molar-refractivity contribution is 7.99. The molecule has 0 saturated carbocycles. The zero-order valence-electron chi connectivity index (χ0n) is 11.5. The van der Waals surface area contributed by atoms with E-state index in [1.165, 1.54) is 5.56 Å². The van der Waals surface area contributed by atoms with Gasteiger partial charge >= 0.3 is 0 Å². The van der Waals surface area contributed by atoms with Crippen LogP contribution < -0.4 is 5.73 Å². The van der Waals surface area contributed by atoms with Crippen molar-refractivity contribution in [2.75, 3.05) is 5.73 Å². The fourth-order valence-electron chi connectivity index (χ4n) is 1.76. The summed E-state index contributed by atoms with van der Waals surface area (Å²) >= 11 is 1.64. The molecule has 0 saturated heterocycles. The molecule has 0 aliphatic rings. The van der Waals surface area contributed by atoms with Crippen LogP contribution in [0.4, 0.5) is 5.69 Å². The first kappa shape index (κ1) is 13.8. The third kappa shape index (κ3) is 3.44. The summed E-state index contributed by atoms with van der Waals surface area (Å²) in [6.07, 6.45) is 0. The Morgan fingerprint density at radius 1 is 0.947 bits per heavy atom. The molecule has 2 nitrogen and oxygen atoms in total. The Balaban J connectivity index is 2.17. The van der Waals surface area contributed by atoms with Crippen LogP contribution in [0.5, 0.6) is 5.75 Å². The molecule has 2 rings (SSSR count). The third-order valence-electron chi connectivity index (χ3n) is 2.96. The molecule has 0 unspecified atom stereocenters. The van der Waals surface area contributed by atoms with E-state index in [1.807, 2.05) is 6.07 Å². The lowest BCUT2D eigenvalue weighted by Crippen LogP contribution is -2.10. The number of nitrogen functional groups attached to an aromatic ring is 1. The first-order chi connectivity index (χ1) is 8.86. The summed E-state index contributed by atoms with van der Waals surface area (Å²) in [6.45, 7) is 6.61. The first-order valence-electron chi connectivity index (χ1n) is 6.23. The van der Waals surface area contributed by atoms with Gasteiger partial charge in [0.2, 0.25) is 0 Å². The molecule has 0 atom stereocenters. The minimum Gasteiger partial charge on any atom is -0.506 e. The van der Waals surface area contributed by atoms with Crippen LogP contribution >= 0.6 is 11.8 Å². The molecule has 0 amide bonds. The number of phenolic OH excluding ortho intramolecular Hbond substituents is 1. The van der Waals surface area contributed by atoms with Gasteiger partial charge in [-0.05, 0) is 41.3 Å². The van der Waals surface area contributed by atoms with Crippen LogP contribution in [0, 0.1) is 0 Å². The minimum atomic E-state index is 0.132. The maximum atomic E-state index is 9.40. The second kappa shape index (κ2) is 5.17. The van der Waals surface area contributed by atoms with Gasteiger partial charge in [-0.25, -0.2) is 0 Å². The summed E-state index contributed by atoms with van der Waals surface area (Å²) in [5.74, 6) is 0.132. The van der Waals surface area contributed by atoms with Gasteiger partial charge in [-0.1, -0.05) is 44.7 Å². The highest BCUT2D eigenvalue weighted by Gasteiger charge is 2.12. The Labute approximate surface area is 118 Å². The first-order valence-corrected chi connectivity index (χ1v) is 7.05. The monoisotopic (exact) mass is 273 g/mol. The van der Waals surface area contributed by atoms with Gasteiger partial charge in [0, 0.05) is 9.79 Å². The van der Waals surface area contributed by atoms with Gasteiger partial charge in [-0.3, -0.25) is 0 Å². The number of benzene rings is 2. The van der Waals surface area contributed by atoms with Crippen LogP contribution in [0.3, 0.4) is 0 Å². The highest BCUT2D eigenvalue weighted by atomic mass is 32.2. The Morgan fingerprint density at radius 2 is 1.53 bits per heavy atom. The molecule has 0 fully saturated rings. The van der Waals surface area contributed by atoms with Crippen molar-refractivity contribution >= 4 is 17.4 Å². The van der Waals surface area contributed by atoms with Crippen LogP contribution in [0.1, 0.15) is 26.3 Å². The van der Waals surface area contributed by atoms with Gasteiger partial charge in [0.05, 0.1) is 5.69 Å². The summed E-state index contributed by atoms with van der Waals surface area (Å²) < 4.78 is 0. The van der Waals surface area contributed by atoms with E-state index >= 15 is 0 Å². The predicted octanol–water partition coefficient (Wildman–Crippen LogP) is 4.42. The average Bonchev–Trinajstić information content (AvgIpc) is 2.33. The van der Waals surface area contributed by atoms with Crippen molar-refractivity contribution in [2.45, 2.75) is 36.0 Å². The number of aromatic hydroxyl groups is 1. The van der Waals surface area contributed by atoms with Crippen molar-refractivity contribution in [3.63, 3.8) is 0 Å². The molecule has 0 aromatic heterocycles. The molecule has 19 heavy (non-hydrogen) atoms. The smallest absolute Gasteiger partial charge is 0.138 e. The lowest BCUT2D eigenvalue weighted by molar-refractivity contribution is 0.477. The highest BCUT2D eigenvalue weighted by Crippen LogP contribution is 2.33. The van der Waals surface area contributed by atoms with Crippen LogP contribution in [-0.4, -0.2) is 5.11 Å². The number of hydrogen-bond donors (Lipinski definition) is 2. The Bertz CT molecular complexity index is 570. The summed E-state index contributed by atoms with van der Waals surface area (Å²) in [5.41, 5.74) is 7.60. The van der Waals surface area contributed by atoms with E-state index in [2.05, 4.69) is 45.0 Å². The van der Waals surface area contributed by atoms with E-state index in [-0.39, 0.29) is 11.2 Å². The van der Waals surface area contributed by atoms with E-state index in [1.54, 1.807) is 23.9 Å². The normalized spacial score (nSPS) is 11.5. The molecule has 3 N–H and O–H groups in total. The Kier molecular flexibility index (Phi) is 3.76. The number of nitrogens with two attached hydrogens (primary N) is 1. The van der Waals surface area contributed by atoms with Gasteiger partial charge in [-0.15, -0.1) is 0 Å². The standard InChI is InChI=1S/C16H19NOS/c1-16(2,3)11-4-6-12(7-5-11)19-13-8-9-15(18)14(17)10-13/h4-10,18H,17H2,1-3H3. The average molecular weight is 273 g/mol. The minimum absolute atomic E-state index is 0.132. The zero-order chi connectivity index (χ0) is 14.0. The number of phenols is 1. The van der Waals surface area contributed by atoms with E-state index in [4.69, 9.17) is 5.73 Å². The molecule has 0 spiro atoms. The molecular formula is C16H19NOS. The molecule has 0 aliphatic carbocycles. The van der Waals surface area contributed by atoms with Crippen LogP contribution in [0.15, 0.2) is 52.3 Å². The van der Waals surface area contributed by atoms with Crippen molar-refractivity contribution in [1.82, 2.24) is 0 Å². The van der Waals surface area contributed by atoms with Crippen molar-refractivity contribution in [3.8, 4) is 5.75 Å². The summed E-state index contributed by atoms with van der Waals surface area (Å²) in [5, 5.41) is 9.40. The maximum absolute atomic E-state index is 9.40. The SMILES string of the molecule is CC(C)(C)c1ccc(Sc2ccc(O)c(N)c2)cc1. The van der Waals surface area contributed by atoms with Crippen LogP contribution in [0.25, 0.3) is 0 Å². The number of hydrogen-bond acceptors (Lipinski definition) is 3. The molecule has 0 bridgehead atoms. The largest absolute Gasteiger partial charge is 0.506 e. The van der Waals surface area contributed by atoms with E-state index < -0.39 is 0 Å². The Hall–Kier alpha value is -1.61. The topological polar surface area (TPSA) is 46.2 Å². The van der Waals surface area contributed by atoms with Crippen molar-refractivity contribution < 1.29 is 5.11 Å². The maximum Gasteiger partial charge on any atom is 0.138 e. The second-order valence-electron chi connectivity index (χ2n) is 5.60. The van der Waals surface area contributed by atoms with E-state index in [0.29, 0.717) is 5.69 Å². The molecule has 100 valence electrons. The van der Waals surface area contributed by atoms with Crippen LogP contribution in [0.2, 0.25) is 0 Å². The number of anilines is 1. The predicted molar refractivity (Wildman–Crippen MR) is 81.8 cm³/mol. The molecule has 3 heteroatoms. The van der Waals surface area contributed by atoms with Gasteiger partial charge in [0.25, 0.3) is 0 Å². The fraction of sp³-hybridized carbons (Fsp3) is 0.250. The van der Waals surface area contributed by atoms with Gasteiger partial charge in [-0.2, -0.15) is 0 Å². The Morgan fingerprint density at radius 3 is 2.05 bits per heavy atom. The summed E-state index contributed by atoms with van der Waals surface area (Å²) in [7, 11) is 0. The van der Waals surface area contributed by atoms with Gasteiger partial charge < -0.3 is 10.8 Å². The lowest BCUT2D eigenvalue weighted by Gasteiger charge is -2.19. The zero-order valence-corrected chi connectivity index (χ0v) is 12.3. The lowest BCUT2D eigenvalue weighted by atomic mass is 9.87. The van der Waals surface area contributed by atoms with E-state index in [9.17, 15) is 5.11 Å². The summed E-state index contributed by atoms with van der Waals surface area (Å²) in [6, 6.07) is 13.8.